The average molecular weight is 486 g/mol. The zero-order chi connectivity index (χ0) is 24.4. The van der Waals surface area contributed by atoms with E-state index < -0.39 is 17.7 Å². The van der Waals surface area contributed by atoms with Crippen molar-refractivity contribution < 1.29 is 19.4 Å². The Hall–Kier alpha value is -4.04. The normalized spacial score (nSPS) is 15.7. The van der Waals surface area contributed by atoms with Gasteiger partial charge in [0.2, 0.25) is 0 Å². The minimum Gasteiger partial charge on any atom is -0.503 e. The first-order chi connectivity index (χ1) is 17.1. The summed E-state index contributed by atoms with van der Waals surface area (Å²) in [7, 11) is 0. The number of fused-ring (bicyclic) bond motifs is 1. The Kier molecular flexibility index (Phi) is 6.29. The van der Waals surface area contributed by atoms with Crippen LogP contribution in [0.25, 0.3) is 10.2 Å². The number of benzene rings is 2. The first-order valence-electron chi connectivity index (χ1n) is 11.3. The van der Waals surface area contributed by atoms with E-state index in [2.05, 4.69) is 9.97 Å². The smallest absolute Gasteiger partial charge is 0.296 e. The highest BCUT2D eigenvalue weighted by Crippen LogP contribution is 2.43. The maximum Gasteiger partial charge on any atom is 0.296 e. The van der Waals surface area contributed by atoms with Crippen LogP contribution in [-0.2, 0) is 16.0 Å². The number of thiazole rings is 1. The van der Waals surface area contributed by atoms with E-state index in [1.807, 2.05) is 55.5 Å². The summed E-state index contributed by atoms with van der Waals surface area (Å²) in [6.45, 7) is 2.45. The van der Waals surface area contributed by atoms with Crippen LogP contribution in [0.2, 0.25) is 0 Å². The van der Waals surface area contributed by atoms with Gasteiger partial charge in [-0.3, -0.25) is 19.5 Å². The monoisotopic (exact) mass is 485 g/mol. The van der Waals surface area contributed by atoms with Gasteiger partial charge in [-0.25, -0.2) is 4.98 Å². The molecule has 1 amide bonds. The van der Waals surface area contributed by atoms with Gasteiger partial charge in [-0.1, -0.05) is 47.7 Å². The summed E-state index contributed by atoms with van der Waals surface area (Å²) in [6.07, 6.45) is 2.26. The molecular formula is C27H23N3O4S. The van der Waals surface area contributed by atoms with Crippen molar-refractivity contribution in [2.24, 2.45) is 0 Å². The van der Waals surface area contributed by atoms with E-state index in [1.165, 1.54) is 16.2 Å². The van der Waals surface area contributed by atoms with Crippen molar-refractivity contribution >= 4 is 38.4 Å². The van der Waals surface area contributed by atoms with Crippen molar-refractivity contribution in [3.05, 3.63) is 95.5 Å². The largest absolute Gasteiger partial charge is 0.503 e. The van der Waals surface area contributed by atoms with Gasteiger partial charge in [-0.15, -0.1) is 0 Å². The molecule has 0 saturated heterocycles. The van der Waals surface area contributed by atoms with Crippen LogP contribution in [0.3, 0.4) is 0 Å². The summed E-state index contributed by atoms with van der Waals surface area (Å²) in [5.41, 5.74) is 2.25. The fourth-order valence-corrected chi connectivity index (χ4v) is 5.22. The molecule has 0 fully saturated rings. The molecule has 0 bridgehead atoms. The SMILES string of the molecule is CCOc1ccc2nc(N3C(=O)C(O)=C(C(=O)CCc4ccccc4)C3c3ccccn3)sc2c1. The zero-order valence-electron chi connectivity index (χ0n) is 19.0. The Labute approximate surface area is 206 Å². The van der Waals surface area contributed by atoms with Crippen LogP contribution in [0.1, 0.15) is 30.6 Å². The van der Waals surface area contributed by atoms with Gasteiger partial charge in [0.1, 0.15) is 11.8 Å². The molecule has 5 rings (SSSR count). The number of nitrogens with zero attached hydrogens (tertiary/aromatic N) is 3. The second kappa shape index (κ2) is 9.68. The molecule has 3 heterocycles. The van der Waals surface area contributed by atoms with Gasteiger partial charge in [0, 0.05) is 12.6 Å². The second-order valence-corrected chi connectivity index (χ2v) is 9.07. The molecule has 0 radical (unpaired) electrons. The van der Waals surface area contributed by atoms with Crippen LogP contribution in [0.4, 0.5) is 5.13 Å². The van der Waals surface area contributed by atoms with Gasteiger partial charge >= 0.3 is 0 Å². The lowest BCUT2D eigenvalue weighted by Gasteiger charge is -2.23. The minimum absolute atomic E-state index is 0.0545. The molecule has 0 saturated carbocycles. The number of ketones is 1. The number of anilines is 1. The number of Topliss-reactive ketones (excluding diaryl/α,β-unsaturated/α-hetero) is 1. The second-order valence-electron chi connectivity index (χ2n) is 8.06. The standard InChI is InChI=1S/C27H23N3O4S/c1-2-34-18-12-13-19-22(16-18)35-27(29-19)30-24(20-10-6-7-15-28-20)23(25(32)26(30)33)21(31)14-11-17-8-4-3-5-9-17/h3-10,12-13,15-16,24,32H,2,11,14H2,1H3. The number of aromatic nitrogens is 2. The van der Waals surface area contributed by atoms with E-state index in [0.717, 1.165) is 10.3 Å². The molecule has 4 aromatic rings. The number of pyridine rings is 1. The summed E-state index contributed by atoms with van der Waals surface area (Å²) >= 11 is 1.30. The van der Waals surface area contributed by atoms with Crippen LogP contribution < -0.4 is 9.64 Å². The highest BCUT2D eigenvalue weighted by atomic mass is 32.1. The quantitative estimate of drug-likeness (QED) is 0.369. The van der Waals surface area contributed by atoms with E-state index in [0.29, 0.717) is 35.1 Å². The number of ether oxygens (including phenoxy) is 1. The predicted octanol–water partition coefficient (Wildman–Crippen LogP) is 5.19. The summed E-state index contributed by atoms with van der Waals surface area (Å²) < 4.78 is 6.42. The summed E-state index contributed by atoms with van der Waals surface area (Å²) in [6, 6.07) is 19.6. The summed E-state index contributed by atoms with van der Waals surface area (Å²) in [4.78, 5) is 37.1. The third kappa shape index (κ3) is 4.40. The number of carbonyl (C=O) groups excluding carboxylic acids is 2. The van der Waals surface area contributed by atoms with E-state index in [4.69, 9.17) is 4.74 Å². The molecule has 7 nitrogen and oxygen atoms in total. The number of aliphatic hydroxyl groups is 1. The van der Waals surface area contributed by atoms with Crippen LogP contribution in [0, 0.1) is 0 Å². The van der Waals surface area contributed by atoms with Crippen molar-refractivity contribution in [2.75, 3.05) is 11.5 Å². The maximum atomic E-state index is 13.4. The number of rotatable bonds is 8. The number of hydrogen-bond donors (Lipinski definition) is 1. The summed E-state index contributed by atoms with van der Waals surface area (Å²) in [5.74, 6) is -0.791. The molecule has 1 atom stereocenters. The van der Waals surface area contributed by atoms with Gasteiger partial charge in [0.25, 0.3) is 5.91 Å². The van der Waals surface area contributed by atoms with Gasteiger partial charge in [-0.05, 0) is 49.2 Å². The zero-order valence-corrected chi connectivity index (χ0v) is 19.9. The molecule has 35 heavy (non-hydrogen) atoms. The van der Waals surface area contributed by atoms with Gasteiger partial charge in [0.15, 0.2) is 16.7 Å². The van der Waals surface area contributed by atoms with E-state index in [9.17, 15) is 14.7 Å². The predicted molar refractivity (Wildman–Crippen MR) is 135 cm³/mol. The number of aliphatic hydroxyl groups excluding tert-OH is 1. The van der Waals surface area contributed by atoms with Gasteiger partial charge in [0.05, 0.1) is 28.1 Å². The van der Waals surface area contributed by atoms with E-state index in [-0.39, 0.29) is 17.8 Å². The number of hydrogen-bond acceptors (Lipinski definition) is 7. The fourth-order valence-electron chi connectivity index (χ4n) is 4.19. The molecule has 2 aromatic carbocycles. The molecule has 1 aliphatic rings. The number of carbonyl (C=O) groups is 2. The molecule has 0 aliphatic carbocycles. The average Bonchev–Trinajstić information content (AvgIpc) is 3.42. The summed E-state index contributed by atoms with van der Waals surface area (Å²) in [5, 5.41) is 11.3. The van der Waals surface area contributed by atoms with Gasteiger partial charge < -0.3 is 9.84 Å². The molecule has 1 aliphatic heterocycles. The first-order valence-corrected chi connectivity index (χ1v) is 12.2. The molecule has 8 heteroatoms. The Morgan fingerprint density at radius 3 is 2.66 bits per heavy atom. The van der Waals surface area contributed by atoms with Crippen molar-refractivity contribution in [2.45, 2.75) is 25.8 Å². The third-order valence-electron chi connectivity index (χ3n) is 5.83. The van der Waals surface area contributed by atoms with Crippen molar-refractivity contribution in [1.29, 1.82) is 0 Å². The Morgan fingerprint density at radius 2 is 1.91 bits per heavy atom. The third-order valence-corrected chi connectivity index (χ3v) is 6.84. The topological polar surface area (TPSA) is 92.6 Å². The lowest BCUT2D eigenvalue weighted by molar-refractivity contribution is -0.118. The van der Waals surface area contributed by atoms with Crippen molar-refractivity contribution in [1.82, 2.24) is 9.97 Å². The molecule has 0 spiro atoms. The first kappa shape index (κ1) is 22.7. The van der Waals surface area contributed by atoms with Crippen molar-refractivity contribution in [3.8, 4) is 5.75 Å². The fraction of sp³-hybridized carbons (Fsp3) is 0.185. The number of amides is 1. The van der Waals surface area contributed by atoms with Crippen LogP contribution in [-0.4, -0.2) is 33.4 Å². The highest BCUT2D eigenvalue weighted by Gasteiger charge is 2.46. The van der Waals surface area contributed by atoms with Crippen molar-refractivity contribution in [3.63, 3.8) is 0 Å². The highest BCUT2D eigenvalue weighted by molar-refractivity contribution is 7.22. The maximum absolute atomic E-state index is 13.4. The molecule has 176 valence electrons. The molecular weight excluding hydrogens is 462 g/mol. The Morgan fingerprint density at radius 1 is 1.11 bits per heavy atom. The Balaban J connectivity index is 1.52. The van der Waals surface area contributed by atoms with Gasteiger partial charge in [-0.2, -0.15) is 0 Å². The Bertz CT molecular complexity index is 1420. The lowest BCUT2D eigenvalue weighted by atomic mass is 9.96. The van der Waals surface area contributed by atoms with Crippen LogP contribution in [0.5, 0.6) is 5.75 Å². The van der Waals surface area contributed by atoms with E-state index in [1.54, 1.807) is 24.4 Å². The van der Waals surface area contributed by atoms with Crippen LogP contribution >= 0.6 is 11.3 Å². The number of aryl methyl sites for hydroxylation is 1. The van der Waals surface area contributed by atoms with E-state index >= 15 is 0 Å². The minimum atomic E-state index is -0.862. The van der Waals surface area contributed by atoms with Crippen LogP contribution in [0.15, 0.2) is 84.3 Å². The molecule has 1 unspecified atom stereocenters. The lowest BCUT2D eigenvalue weighted by Crippen LogP contribution is -2.31. The molecule has 1 N–H and O–H groups in total. The molecule has 2 aromatic heterocycles.